The lowest BCUT2D eigenvalue weighted by Gasteiger charge is -2.02. The van der Waals surface area contributed by atoms with Gasteiger partial charge in [0.2, 0.25) is 5.28 Å². The summed E-state index contributed by atoms with van der Waals surface area (Å²) in [6.45, 7) is 0. The van der Waals surface area contributed by atoms with E-state index in [1.54, 1.807) is 6.26 Å². The fourth-order valence-corrected chi connectivity index (χ4v) is 2.27. The van der Waals surface area contributed by atoms with Crippen LogP contribution in [0.4, 0.5) is 0 Å². The average molecular weight is 295 g/mol. The molecule has 0 aromatic carbocycles. The predicted octanol–water partition coefficient (Wildman–Crippen LogP) is 1.99. The van der Waals surface area contributed by atoms with Crippen LogP contribution in [0.2, 0.25) is 5.28 Å². The Bertz CT molecular complexity index is 657. The standard InChI is InChI=1S/C10H7ClN6OS/c11-8-14-9(17-6-12-5-13-17)16-10(15-8)19-4-7-2-1-3-18-7/h1-3,5-6H,4H2. The molecule has 0 aliphatic carbocycles. The van der Waals surface area contributed by atoms with Gasteiger partial charge in [-0.1, -0.05) is 11.8 Å². The molecule has 0 saturated heterocycles. The zero-order valence-corrected chi connectivity index (χ0v) is 11.0. The van der Waals surface area contributed by atoms with E-state index in [0.717, 1.165) is 5.76 Å². The van der Waals surface area contributed by atoms with Gasteiger partial charge in [-0.3, -0.25) is 0 Å². The minimum absolute atomic E-state index is 0.113. The van der Waals surface area contributed by atoms with Gasteiger partial charge in [-0.15, -0.1) is 0 Å². The van der Waals surface area contributed by atoms with E-state index < -0.39 is 0 Å². The smallest absolute Gasteiger partial charge is 0.257 e. The van der Waals surface area contributed by atoms with Crippen molar-refractivity contribution >= 4 is 23.4 Å². The van der Waals surface area contributed by atoms with Gasteiger partial charge in [0, 0.05) is 0 Å². The Labute approximate surface area is 117 Å². The lowest BCUT2D eigenvalue weighted by molar-refractivity contribution is 0.530. The summed E-state index contributed by atoms with van der Waals surface area (Å²) >= 11 is 7.27. The minimum Gasteiger partial charge on any atom is -0.468 e. The van der Waals surface area contributed by atoms with E-state index in [9.17, 15) is 0 Å². The molecule has 0 atom stereocenters. The summed E-state index contributed by atoms with van der Waals surface area (Å²) in [5.74, 6) is 1.78. The van der Waals surface area contributed by atoms with Crippen molar-refractivity contribution in [3.05, 3.63) is 42.1 Å². The van der Waals surface area contributed by atoms with E-state index in [0.29, 0.717) is 16.9 Å². The molecular formula is C10H7ClN6OS. The number of halogens is 1. The lowest BCUT2D eigenvalue weighted by atomic mass is 10.5. The van der Waals surface area contributed by atoms with Gasteiger partial charge in [0.05, 0.1) is 12.0 Å². The second-order valence-electron chi connectivity index (χ2n) is 3.40. The highest BCUT2D eigenvalue weighted by Crippen LogP contribution is 2.20. The third-order valence-electron chi connectivity index (χ3n) is 2.12. The van der Waals surface area contributed by atoms with Gasteiger partial charge in [-0.25, -0.2) is 4.98 Å². The molecule has 19 heavy (non-hydrogen) atoms. The summed E-state index contributed by atoms with van der Waals surface area (Å²) in [6.07, 6.45) is 4.51. The van der Waals surface area contributed by atoms with Crippen molar-refractivity contribution in [1.29, 1.82) is 0 Å². The summed E-state index contributed by atoms with van der Waals surface area (Å²) < 4.78 is 6.66. The molecule has 0 amide bonds. The van der Waals surface area contributed by atoms with Crippen LogP contribution in [0.1, 0.15) is 5.76 Å². The van der Waals surface area contributed by atoms with Gasteiger partial charge >= 0.3 is 0 Å². The van der Waals surface area contributed by atoms with Gasteiger partial charge in [-0.05, 0) is 23.7 Å². The van der Waals surface area contributed by atoms with Crippen LogP contribution < -0.4 is 0 Å². The molecule has 0 aliphatic rings. The Morgan fingerprint density at radius 2 is 2.26 bits per heavy atom. The number of hydrogen-bond acceptors (Lipinski definition) is 7. The van der Waals surface area contributed by atoms with Crippen molar-refractivity contribution in [2.24, 2.45) is 0 Å². The second-order valence-corrected chi connectivity index (χ2v) is 4.68. The highest BCUT2D eigenvalue weighted by atomic mass is 35.5. The SMILES string of the molecule is Clc1nc(SCc2ccco2)nc(-n2cncn2)n1. The topological polar surface area (TPSA) is 82.5 Å². The molecular weight excluding hydrogens is 288 g/mol. The molecule has 0 radical (unpaired) electrons. The number of furan rings is 1. The van der Waals surface area contributed by atoms with E-state index in [4.69, 9.17) is 16.0 Å². The van der Waals surface area contributed by atoms with E-state index in [-0.39, 0.29) is 5.28 Å². The summed E-state index contributed by atoms with van der Waals surface area (Å²) in [4.78, 5) is 16.1. The molecule has 0 saturated carbocycles. The zero-order valence-electron chi connectivity index (χ0n) is 9.47. The molecule has 3 rings (SSSR count). The largest absolute Gasteiger partial charge is 0.468 e. The third-order valence-corrected chi connectivity index (χ3v) is 3.16. The molecule has 7 nitrogen and oxygen atoms in total. The zero-order chi connectivity index (χ0) is 13.1. The van der Waals surface area contributed by atoms with Crippen LogP contribution in [0.15, 0.2) is 40.6 Å². The number of thioether (sulfide) groups is 1. The summed E-state index contributed by atoms with van der Waals surface area (Å²) in [5, 5.41) is 4.56. The van der Waals surface area contributed by atoms with Crippen LogP contribution in [-0.4, -0.2) is 29.7 Å². The molecule has 0 spiro atoms. The van der Waals surface area contributed by atoms with Gasteiger partial charge in [0.1, 0.15) is 18.4 Å². The highest BCUT2D eigenvalue weighted by Gasteiger charge is 2.09. The van der Waals surface area contributed by atoms with E-state index in [1.165, 1.54) is 29.1 Å². The van der Waals surface area contributed by atoms with Crippen LogP contribution >= 0.6 is 23.4 Å². The number of nitrogens with zero attached hydrogens (tertiary/aromatic N) is 6. The van der Waals surface area contributed by atoms with Crippen LogP contribution in [0.25, 0.3) is 5.95 Å². The van der Waals surface area contributed by atoms with Crippen LogP contribution in [0.3, 0.4) is 0 Å². The Kier molecular flexibility index (Phi) is 3.43. The molecule has 0 bridgehead atoms. The normalized spacial score (nSPS) is 10.8. The summed E-state index contributed by atoms with van der Waals surface area (Å²) in [7, 11) is 0. The lowest BCUT2D eigenvalue weighted by Crippen LogP contribution is -2.04. The maximum Gasteiger partial charge on any atom is 0.257 e. The number of hydrogen-bond donors (Lipinski definition) is 0. The van der Waals surface area contributed by atoms with Crippen LogP contribution in [-0.2, 0) is 5.75 Å². The monoisotopic (exact) mass is 294 g/mol. The van der Waals surface area contributed by atoms with Crippen molar-refractivity contribution in [1.82, 2.24) is 29.7 Å². The first-order chi connectivity index (χ1) is 9.31. The van der Waals surface area contributed by atoms with Crippen LogP contribution in [0, 0.1) is 0 Å². The molecule has 3 aromatic heterocycles. The number of rotatable bonds is 4. The van der Waals surface area contributed by atoms with Crippen molar-refractivity contribution in [3.63, 3.8) is 0 Å². The molecule has 9 heteroatoms. The fourth-order valence-electron chi connectivity index (χ4n) is 1.33. The van der Waals surface area contributed by atoms with Gasteiger partial charge in [0.25, 0.3) is 5.95 Å². The Morgan fingerprint density at radius 1 is 1.32 bits per heavy atom. The molecule has 0 unspecified atom stereocenters. The van der Waals surface area contributed by atoms with Crippen molar-refractivity contribution < 1.29 is 4.42 Å². The van der Waals surface area contributed by atoms with Crippen molar-refractivity contribution in [2.45, 2.75) is 10.9 Å². The maximum absolute atomic E-state index is 5.87. The summed E-state index contributed by atoms with van der Waals surface area (Å²) in [6, 6.07) is 3.71. The molecule has 0 fully saturated rings. The van der Waals surface area contributed by atoms with Gasteiger partial charge in [0.15, 0.2) is 5.16 Å². The average Bonchev–Trinajstić information content (AvgIpc) is 3.09. The first-order valence-corrected chi connectivity index (χ1v) is 6.59. The maximum atomic E-state index is 5.87. The van der Waals surface area contributed by atoms with E-state index in [1.807, 2.05) is 12.1 Å². The minimum atomic E-state index is 0.113. The first-order valence-electron chi connectivity index (χ1n) is 5.23. The van der Waals surface area contributed by atoms with Gasteiger partial charge in [-0.2, -0.15) is 24.7 Å². The van der Waals surface area contributed by atoms with Crippen LogP contribution in [0.5, 0.6) is 0 Å². The quantitative estimate of drug-likeness (QED) is 0.680. The fraction of sp³-hybridized carbons (Fsp3) is 0.100. The third kappa shape index (κ3) is 2.91. The number of aromatic nitrogens is 6. The molecule has 0 aliphatic heterocycles. The Hall–Kier alpha value is -1.93. The first kappa shape index (κ1) is 12.1. The Morgan fingerprint density at radius 3 is 3.00 bits per heavy atom. The van der Waals surface area contributed by atoms with Gasteiger partial charge < -0.3 is 4.42 Å². The molecule has 0 N–H and O–H groups in total. The van der Waals surface area contributed by atoms with E-state index >= 15 is 0 Å². The molecule has 3 aromatic rings. The molecule has 3 heterocycles. The summed E-state index contributed by atoms with van der Waals surface area (Å²) in [5.41, 5.74) is 0. The predicted molar refractivity (Wildman–Crippen MR) is 68.0 cm³/mol. The molecule has 96 valence electrons. The van der Waals surface area contributed by atoms with E-state index in [2.05, 4.69) is 25.0 Å². The van der Waals surface area contributed by atoms with Crippen molar-refractivity contribution in [3.8, 4) is 5.95 Å². The Balaban J connectivity index is 1.82. The highest BCUT2D eigenvalue weighted by molar-refractivity contribution is 7.98. The van der Waals surface area contributed by atoms with Crippen molar-refractivity contribution in [2.75, 3.05) is 0 Å². The second kappa shape index (κ2) is 5.37.